The zero-order chi connectivity index (χ0) is 15.8. The molecule has 1 aromatic carbocycles. The van der Waals surface area contributed by atoms with Gasteiger partial charge in [0.15, 0.2) is 10.8 Å². The molecule has 0 fully saturated rings. The van der Waals surface area contributed by atoms with E-state index in [1.165, 1.54) is 11.3 Å². The van der Waals surface area contributed by atoms with Gasteiger partial charge in [0, 0.05) is 23.5 Å². The van der Waals surface area contributed by atoms with Crippen molar-refractivity contribution in [1.29, 1.82) is 0 Å². The second-order valence-electron chi connectivity index (χ2n) is 5.25. The second-order valence-corrected chi connectivity index (χ2v) is 6.11. The maximum atomic E-state index is 12.3. The SMILES string of the molecule is Cc1ccc2c(c1)NC(c1csc(-c3ncccn3)n1)NC2=O. The van der Waals surface area contributed by atoms with Crippen LogP contribution in [-0.4, -0.2) is 20.9 Å². The Morgan fingerprint density at radius 2 is 2.00 bits per heavy atom. The van der Waals surface area contributed by atoms with Crippen LogP contribution in [0.1, 0.15) is 27.8 Å². The molecule has 0 radical (unpaired) electrons. The lowest BCUT2D eigenvalue weighted by Gasteiger charge is -2.26. The highest BCUT2D eigenvalue weighted by Gasteiger charge is 2.26. The summed E-state index contributed by atoms with van der Waals surface area (Å²) in [6.45, 7) is 2.00. The van der Waals surface area contributed by atoms with Crippen molar-refractivity contribution in [3.63, 3.8) is 0 Å². The van der Waals surface area contributed by atoms with E-state index in [9.17, 15) is 4.79 Å². The molecule has 3 heterocycles. The molecule has 23 heavy (non-hydrogen) atoms. The van der Waals surface area contributed by atoms with Gasteiger partial charge in [0.1, 0.15) is 6.17 Å². The molecule has 4 rings (SSSR count). The number of thiazole rings is 1. The van der Waals surface area contributed by atoms with E-state index in [1.807, 2.05) is 30.5 Å². The molecule has 3 aromatic rings. The quantitative estimate of drug-likeness (QED) is 0.758. The summed E-state index contributed by atoms with van der Waals surface area (Å²) in [5.41, 5.74) is 3.32. The third-order valence-electron chi connectivity index (χ3n) is 3.57. The summed E-state index contributed by atoms with van der Waals surface area (Å²) in [5.74, 6) is 0.483. The normalized spacial score (nSPS) is 16.4. The lowest BCUT2D eigenvalue weighted by Crippen LogP contribution is -2.38. The highest BCUT2D eigenvalue weighted by atomic mass is 32.1. The number of anilines is 1. The van der Waals surface area contributed by atoms with E-state index in [4.69, 9.17) is 0 Å². The standard InChI is InChI=1S/C16H13N5OS/c1-9-3-4-10-11(7-9)19-13(21-15(10)22)12-8-23-16(20-12)14-17-5-2-6-18-14/h2-8,13,19H,1H3,(H,21,22). The Balaban J connectivity index is 1.65. The summed E-state index contributed by atoms with van der Waals surface area (Å²) in [6, 6.07) is 7.48. The van der Waals surface area contributed by atoms with E-state index in [2.05, 4.69) is 25.6 Å². The number of hydrogen-bond acceptors (Lipinski definition) is 6. The van der Waals surface area contributed by atoms with Gasteiger partial charge < -0.3 is 10.6 Å². The number of amides is 1. The van der Waals surface area contributed by atoms with Crippen molar-refractivity contribution in [3.8, 4) is 10.8 Å². The van der Waals surface area contributed by atoms with Gasteiger partial charge in [0.2, 0.25) is 0 Å². The molecule has 0 aliphatic carbocycles. The molecule has 0 saturated heterocycles. The Kier molecular flexibility index (Phi) is 3.27. The van der Waals surface area contributed by atoms with Crippen molar-refractivity contribution in [3.05, 3.63) is 58.9 Å². The highest BCUT2D eigenvalue weighted by molar-refractivity contribution is 7.13. The molecule has 1 atom stereocenters. The average Bonchev–Trinajstić information content (AvgIpc) is 3.05. The van der Waals surface area contributed by atoms with Crippen LogP contribution >= 0.6 is 11.3 Å². The lowest BCUT2D eigenvalue weighted by atomic mass is 10.1. The first-order chi connectivity index (χ1) is 11.2. The number of aromatic nitrogens is 3. The van der Waals surface area contributed by atoms with Crippen LogP contribution in [0.25, 0.3) is 10.8 Å². The first-order valence-electron chi connectivity index (χ1n) is 7.11. The number of carbonyl (C=O) groups is 1. The molecular weight excluding hydrogens is 310 g/mol. The smallest absolute Gasteiger partial charge is 0.255 e. The Labute approximate surface area is 136 Å². The van der Waals surface area contributed by atoms with Crippen LogP contribution in [0.4, 0.5) is 5.69 Å². The van der Waals surface area contributed by atoms with E-state index < -0.39 is 0 Å². The van der Waals surface area contributed by atoms with Crippen molar-refractivity contribution in [2.24, 2.45) is 0 Å². The summed E-state index contributed by atoms with van der Waals surface area (Å²) >= 11 is 1.45. The zero-order valence-electron chi connectivity index (χ0n) is 12.3. The third kappa shape index (κ3) is 2.55. The van der Waals surface area contributed by atoms with Gasteiger partial charge in [-0.05, 0) is 30.7 Å². The maximum absolute atomic E-state index is 12.3. The molecular formula is C16H13N5OS. The largest absolute Gasteiger partial charge is 0.360 e. The maximum Gasteiger partial charge on any atom is 0.255 e. The molecule has 7 heteroatoms. The van der Waals surface area contributed by atoms with Crippen LogP contribution in [0, 0.1) is 6.92 Å². The van der Waals surface area contributed by atoms with E-state index in [0.717, 1.165) is 22.0 Å². The Bertz CT molecular complexity index is 877. The number of hydrogen-bond donors (Lipinski definition) is 2. The van der Waals surface area contributed by atoms with Gasteiger partial charge in [-0.25, -0.2) is 15.0 Å². The Morgan fingerprint density at radius 3 is 2.83 bits per heavy atom. The molecule has 1 unspecified atom stereocenters. The van der Waals surface area contributed by atoms with Crippen molar-refractivity contribution in [2.75, 3.05) is 5.32 Å². The van der Waals surface area contributed by atoms with Crippen molar-refractivity contribution in [2.45, 2.75) is 13.1 Å². The van der Waals surface area contributed by atoms with Crippen LogP contribution in [0.2, 0.25) is 0 Å². The number of nitrogens with one attached hydrogen (secondary N) is 2. The number of nitrogens with zero attached hydrogens (tertiary/aromatic N) is 3. The molecule has 1 aliphatic heterocycles. The average molecular weight is 323 g/mol. The molecule has 0 saturated carbocycles. The van der Waals surface area contributed by atoms with Gasteiger partial charge in [-0.1, -0.05) is 6.07 Å². The Morgan fingerprint density at radius 1 is 1.17 bits per heavy atom. The van der Waals surface area contributed by atoms with Gasteiger partial charge in [0.25, 0.3) is 5.91 Å². The molecule has 2 N–H and O–H groups in total. The van der Waals surface area contributed by atoms with Crippen LogP contribution in [-0.2, 0) is 0 Å². The number of rotatable bonds is 2. The molecule has 1 aliphatic rings. The second kappa shape index (κ2) is 5.44. The van der Waals surface area contributed by atoms with Crippen LogP contribution in [0.3, 0.4) is 0 Å². The minimum atomic E-state index is -0.356. The number of aryl methyl sites for hydroxylation is 1. The van der Waals surface area contributed by atoms with Crippen molar-refractivity contribution < 1.29 is 4.79 Å². The number of benzene rings is 1. The first-order valence-corrected chi connectivity index (χ1v) is 7.99. The van der Waals surface area contributed by atoms with Gasteiger partial charge in [0.05, 0.1) is 11.3 Å². The van der Waals surface area contributed by atoms with Gasteiger partial charge in [-0.3, -0.25) is 4.79 Å². The molecule has 6 nitrogen and oxygen atoms in total. The van der Waals surface area contributed by atoms with Crippen molar-refractivity contribution in [1.82, 2.24) is 20.3 Å². The first kappa shape index (κ1) is 13.8. The predicted molar refractivity (Wildman–Crippen MR) is 88.1 cm³/mol. The van der Waals surface area contributed by atoms with Gasteiger partial charge >= 0.3 is 0 Å². The molecule has 2 aromatic heterocycles. The topological polar surface area (TPSA) is 79.8 Å². The molecule has 114 valence electrons. The number of carbonyl (C=O) groups excluding carboxylic acids is 1. The van der Waals surface area contributed by atoms with Gasteiger partial charge in [-0.2, -0.15) is 0 Å². The Hall–Kier alpha value is -2.80. The zero-order valence-corrected chi connectivity index (χ0v) is 13.1. The summed E-state index contributed by atoms with van der Waals surface area (Å²) in [4.78, 5) is 25.2. The summed E-state index contributed by atoms with van der Waals surface area (Å²) in [6.07, 6.45) is 3.01. The molecule has 0 spiro atoms. The summed E-state index contributed by atoms with van der Waals surface area (Å²) in [7, 11) is 0. The summed E-state index contributed by atoms with van der Waals surface area (Å²) in [5, 5.41) is 8.88. The minimum absolute atomic E-state index is 0.103. The lowest BCUT2D eigenvalue weighted by molar-refractivity contribution is 0.0935. The van der Waals surface area contributed by atoms with Crippen LogP contribution < -0.4 is 10.6 Å². The van der Waals surface area contributed by atoms with Gasteiger partial charge in [-0.15, -0.1) is 11.3 Å². The fourth-order valence-corrected chi connectivity index (χ4v) is 3.24. The van der Waals surface area contributed by atoms with E-state index in [1.54, 1.807) is 18.5 Å². The van der Waals surface area contributed by atoms with E-state index in [-0.39, 0.29) is 12.1 Å². The van der Waals surface area contributed by atoms with Crippen LogP contribution in [0.15, 0.2) is 42.0 Å². The van der Waals surface area contributed by atoms with E-state index >= 15 is 0 Å². The van der Waals surface area contributed by atoms with Crippen molar-refractivity contribution >= 4 is 22.9 Å². The fourth-order valence-electron chi connectivity index (χ4n) is 2.45. The highest BCUT2D eigenvalue weighted by Crippen LogP contribution is 2.29. The fraction of sp³-hybridized carbons (Fsp3) is 0.125. The van der Waals surface area contributed by atoms with E-state index in [0.29, 0.717) is 11.4 Å². The minimum Gasteiger partial charge on any atom is -0.360 e. The third-order valence-corrected chi connectivity index (χ3v) is 4.43. The molecule has 1 amide bonds. The predicted octanol–water partition coefficient (Wildman–Crippen LogP) is 2.76. The molecule has 0 bridgehead atoms. The summed E-state index contributed by atoms with van der Waals surface area (Å²) < 4.78 is 0. The number of fused-ring (bicyclic) bond motifs is 1. The van der Waals surface area contributed by atoms with Crippen LogP contribution in [0.5, 0.6) is 0 Å². The monoisotopic (exact) mass is 323 g/mol.